The number of hydrogen-bond donors (Lipinski definition) is 2. The second kappa shape index (κ2) is 5.76. The molecule has 21 heavy (non-hydrogen) atoms. The van der Waals surface area contributed by atoms with E-state index < -0.39 is 6.10 Å². The first kappa shape index (κ1) is 13.9. The van der Waals surface area contributed by atoms with E-state index in [1.807, 2.05) is 67.8 Å². The van der Waals surface area contributed by atoms with Crippen molar-refractivity contribution in [1.29, 1.82) is 0 Å². The quantitative estimate of drug-likeness (QED) is 0.720. The molecule has 1 atom stereocenters. The predicted molar refractivity (Wildman–Crippen MR) is 86.5 cm³/mol. The van der Waals surface area contributed by atoms with Crippen molar-refractivity contribution in [1.82, 2.24) is 4.98 Å². The first-order valence-electron chi connectivity index (χ1n) is 6.82. The van der Waals surface area contributed by atoms with Crippen molar-refractivity contribution in [2.24, 2.45) is 0 Å². The highest BCUT2D eigenvalue weighted by Gasteiger charge is 2.16. The minimum Gasteiger partial charge on any atom is -0.384 e. The van der Waals surface area contributed by atoms with Gasteiger partial charge in [0.2, 0.25) is 0 Å². The summed E-state index contributed by atoms with van der Waals surface area (Å²) < 4.78 is 0. The summed E-state index contributed by atoms with van der Waals surface area (Å²) in [7, 11) is 0. The van der Waals surface area contributed by atoms with Crippen molar-refractivity contribution in [3.05, 3.63) is 82.6 Å². The molecule has 0 spiro atoms. The maximum atomic E-state index is 10.6. The fourth-order valence-corrected chi connectivity index (χ4v) is 2.54. The van der Waals surface area contributed by atoms with Crippen LogP contribution in [0.25, 0.3) is 11.1 Å². The molecule has 3 heteroatoms. The highest BCUT2D eigenvalue weighted by Crippen LogP contribution is 2.32. The van der Waals surface area contributed by atoms with E-state index in [0.29, 0.717) is 5.02 Å². The third kappa shape index (κ3) is 2.87. The topological polar surface area (TPSA) is 36.0 Å². The van der Waals surface area contributed by atoms with Crippen LogP contribution in [0.4, 0.5) is 0 Å². The molecule has 0 aliphatic heterocycles. The number of halogens is 1. The second-order valence-corrected chi connectivity index (χ2v) is 5.58. The maximum Gasteiger partial charge on any atom is 0.106 e. The molecule has 106 valence electrons. The summed E-state index contributed by atoms with van der Waals surface area (Å²) in [6.07, 6.45) is 3.09. The predicted octanol–water partition coefficient (Wildman–Crippen LogP) is 4.73. The highest BCUT2D eigenvalue weighted by molar-refractivity contribution is 6.30. The van der Waals surface area contributed by atoms with Gasteiger partial charge in [0.25, 0.3) is 0 Å². The number of aromatic nitrogens is 1. The van der Waals surface area contributed by atoms with E-state index in [1.54, 1.807) is 0 Å². The van der Waals surface area contributed by atoms with E-state index >= 15 is 0 Å². The Balaban J connectivity index is 1.98. The van der Waals surface area contributed by atoms with Crippen molar-refractivity contribution in [2.45, 2.75) is 13.0 Å². The van der Waals surface area contributed by atoms with Gasteiger partial charge in [-0.25, -0.2) is 0 Å². The monoisotopic (exact) mass is 297 g/mol. The molecule has 2 nitrogen and oxygen atoms in total. The van der Waals surface area contributed by atoms with Gasteiger partial charge in [-0.3, -0.25) is 0 Å². The fraction of sp³-hybridized carbons (Fsp3) is 0.111. The first-order valence-corrected chi connectivity index (χ1v) is 7.20. The normalized spacial score (nSPS) is 12.3. The first-order chi connectivity index (χ1) is 10.1. The van der Waals surface area contributed by atoms with Gasteiger partial charge >= 0.3 is 0 Å². The molecule has 0 saturated heterocycles. The van der Waals surface area contributed by atoms with Crippen LogP contribution in [0.15, 0.2) is 60.9 Å². The summed E-state index contributed by atoms with van der Waals surface area (Å²) in [4.78, 5) is 3.08. The van der Waals surface area contributed by atoms with Gasteiger partial charge in [-0.1, -0.05) is 53.6 Å². The molecule has 0 fully saturated rings. The Bertz CT molecular complexity index is 729. The van der Waals surface area contributed by atoms with Gasteiger partial charge in [0, 0.05) is 28.5 Å². The van der Waals surface area contributed by atoms with Gasteiger partial charge in [-0.2, -0.15) is 0 Å². The minimum absolute atomic E-state index is 0.650. The Morgan fingerprint density at radius 3 is 2.29 bits per heavy atom. The largest absolute Gasteiger partial charge is 0.384 e. The number of aryl methyl sites for hydroxylation is 1. The SMILES string of the molecule is Cc1ccc(C(O)c2c[nH]cc2-c2ccc(Cl)cc2)cc1. The number of aromatic amines is 1. The molecule has 3 aromatic rings. The number of rotatable bonds is 3. The highest BCUT2D eigenvalue weighted by atomic mass is 35.5. The van der Waals surface area contributed by atoms with Gasteiger partial charge in [-0.05, 0) is 30.2 Å². The van der Waals surface area contributed by atoms with Gasteiger partial charge in [-0.15, -0.1) is 0 Å². The summed E-state index contributed by atoms with van der Waals surface area (Å²) in [5.74, 6) is 0. The van der Waals surface area contributed by atoms with Crippen molar-refractivity contribution in [3.8, 4) is 11.1 Å². The summed E-state index contributed by atoms with van der Waals surface area (Å²) in [5.41, 5.74) is 4.94. The lowest BCUT2D eigenvalue weighted by atomic mass is 9.96. The number of benzene rings is 2. The molecule has 1 unspecified atom stereocenters. The molecule has 0 saturated carbocycles. The Morgan fingerprint density at radius 2 is 1.62 bits per heavy atom. The Labute approximate surface area is 129 Å². The molecular formula is C18H16ClNO. The lowest BCUT2D eigenvalue weighted by Crippen LogP contribution is -1.99. The number of nitrogens with one attached hydrogen (secondary N) is 1. The Morgan fingerprint density at radius 1 is 0.952 bits per heavy atom. The van der Waals surface area contributed by atoms with Crippen LogP contribution >= 0.6 is 11.6 Å². The van der Waals surface area contributed by atoms with Crippen molar-refractivity contribution in [2.75, 3.05) is 0 Å². The van der Waals surface area contributed by atoms with Crippen molar-refractivity contribution < 1.29 is 5.11 Å². The van der Waals surface area contributed by atoms with E-state index in [1.165, 1.54) is 5.56 Å². The zero-order valence-corrected chi connectivity index (χ0v) is 12.4. The summed E-state index contributed by atoms with van der Waals surface area (Å²) >= 11 is 5.93. The molecule has 0 aliphatic rings. The van der Waals surface area contributed by atoms with E-state index in [2.05, 4.69) is 4.98 Å². The number of aliphatic hydroxyl groups is 1. The second-order valence-electron chi connectivity index (χ2n) is 5.14. The number of H-pyrrole nitrogens is 1. The zero-order chi connectivity index (χ0) is 14.8. The Hall–Kier alpha value is -2.03. The van der Waals surface area contributed by atoms with E-state index in [4.69, 9.17) is 11.6 Å². The summed E-state index contributed by atoms with van der Waals surface area (Å²) in [6, 6.07) is 15.5. The van der Waals surface area contributed by atoms with E-state index in [9.17, 15) is 5.11 Å². The summed E-state index contributed by atoms with van der Waals surface area (Å²) in [6.45, 7) is 2.03. The van der Waals surface area contributed by atoms with Gasteiger partial charge in [0.15, 0.2) is 0 Å². The van der Waals surface area contributed by atoms with Gasteiger partial charge < -0.3 is 10.1 Å². The van der Waals surface area contributed by atoms with Crippen LogP contribution in [0.1, 0.15) is 22.8 Å². The van der Waals surface area contributed by atoms with Crippen LogP contribution in [0.3, 0.4) is 0 Å². The van der Waals surface area contributed by atoms with Crippen LogP contribution in [0.5, 0.6) is 0 Å². The third-order valence-corrected chi connectivity index (χ3v) is 3.87. The molecule has 0 aliphatic carbocycles. The van der Waals surface area contributed by atoms with Gasteiger partial charge in [0.05, 0.1) is 0 Å². The number of aliphatic hydroxyl groups excluding tert-OH is 1. The van der Waals surface area contributed by atoms with Crippen LogP contribution < -0.4 is 0 Å². The molecule has 2 N–H and O–H groups in total. The fourth-order valence-electron chi connectivity index (χ4n) is 2.41. The van der Waals surface area contributed by atoms with Gasteiger partial charge in [0.1, 0.15) is 6.10 Å². The molecule has 2 aromatic carbocycles. The van der Waals surface area contributed by atoms with Crippen LogP contribution in [-0.2, 0) is 0 Å². The molecule has 1 aromatic heterocycles. The average Bonchev–Trinajstić information content (AvgIpc) is 2.97. The molecule has 0 bridgehead atoms. The molecule has 0 amide bonds. The maximum absolute atomic E-state index is 10.6. The summed E-state index contributed by atoms with van der Waals surface area (Å²) in [5, 5.41) is 11.3. The molecular weight excluding hydrogens is 282 g/mol. The lowest BCUT2D eigenvalue weighted by molar-refractivity contribution is 0.221. The van der Waals surface area contributed by atoms with E-state index in [0.717, 1.165) is 22.3 Å². The van der Waals surface area contributed by atoms with Crippen molar-refractivity contribution >= 4 is 11.6 Å². The zero-order valence-electron chi connectivity index (χ0n) is 11.7. The Kier molecular flexibility index (Phi) is 3.82. The minimum atomic E-state index is -0.650. The van der Waals surface area contributed by atoms with Crippen molar-refractivity contribution in [3.63, 3.8) is 0 Å². The number of hydrogen-bond acceptors (Lipinski definition) is 1. The van der Waals surface area contributed by atoms with E-state index in [-0.39, 0.29) is 0 Å². The molecule has 1 heterocycles. The smallest absolute Gasteiger partial charge is 0.106 e. The molecule has 3 rings (SSSR count). The van der Waals surface area contributed by atoms with Crippen LogP contribution in [0, 0.1) is 6.92 Å². The molecule has 0 radical (unpaired) electrons. The van der Waals surface area contributed by atoms with Crippen LogP contribution in [-0.4, -0.2) is 10.1 Å². The third-order valence-electron chi connectivity index (χ3n) is 3.62. The lowest BCUT2D eigenvalue weighted by Gasteiger charge is -2.13. The van der Waals surface area contributed by atoms with Crippen LogP contribution in [0.2, 0.25) is 5.02 Å². The average molecular weight is 298 g/mol. The standard InChI is InChI=1S/C18H16ClNO/c1-12-2-4-14(5-3-12)18(21)17-11-20-10-16(17)13-6-8-15(19)9-7-13/h2-11,18,20-21H,1H3.